The number of hydrogen-bond acceptors (Lipinski definition) is 4. The molecule has 0 aromatic carbocycles. The van der Waals surface area contributed by atoms with Crippen molar-refractivity contribution < 1.29 is 18.8 Å². The lowest BCUT2D eigenvalue weighted by Gasteiger charge is -2.37. The molecule has 3 heterocycles. The maximum Gasteiger partial charge on any atom is 0.287 e. The minimum Gasteiger partial charge on any atom is -0.444 e. The molecule has 27 heavy (non-hydrogen) atoms. The van der Waals surface area contributed by atoms with E-state index in [9.17, 15) is 14.4 Å². The van der Waals surface area contributed by atoms with Gasteiger partial charge in [-0.1, -0.05) is 6.92 Å². The number of nitrogens with one attached hydrogen (secondary N) is 1. The van der Waals surface area contributed by atoms with Crippen LogP contribution in [0.2, 0.25) is 0 Å². The number of amides is 3. The molecular formula is C19H26BrN3O4. The van der Waals surface area contributed by atoms with Crippen molar-refractivity contribution in [2.45, 2.75) is 32.6 Å². The summed E-state index contributed by atoms with van der Waals surface area (Å²) in [6.07, 6.45) is 3.65. The fourth-order valence-corrected chi connectivity index (χ4v) is 4.12. The van der Waals surface area contributed by atoms with Gasteiger partial charge in [0, 0.05) is 32.1 Å². The maximum absolute atomic E-state index is 12.7. The van der Waals surface area contributed by atoms with Gasteiger partial charge in [0.15, 0.2) is 10.4 Å². The molecule has 1 unspecified atom stereocenters. The van der Waals surface area contributed by atoms with Crippen molar-refractivity contribution in [3.63, 3.8) is 0 Å². The first-order valence-electron chi connectivity index (χ1n) is 9.54. The predicted molar refractivity (Wildman–Crippen MR) is 103 cm³/mol. The van der Waals surface area contributed by atoms with Gasteiger partial charge in [-0.3, -0.25) is 14.4 Å². The molecule has 8 heteroatoms. The summed E-state index contributed by atoms with van der Waals surface area (Å²) in [5.41, 5.74) is 0. The highest BCUT2D eigenvalue weighted by Crippen LogP contribution is 2.23. The van der Waals surface area contributed by atoms with E-state index in [4.69, 9.17) is 4.42 Å². The summed E-state index contributed by atoms with van der Waals surface area (Å²) in [5, 5.41) is 2.58. The van der Waals surface area contributed by atoms with Crippen LogP contribution in [0.3, 0.4) is 0 Å². The molecule has 2 aliphatic rings. The zero-order chi connectivity index (χ0) is 19.4. The highest BCUT2D eigenvalue weighted by molar-refractivity contribution is 9.10. The first kappa shape index (κ1) is 19.9. The summed E-state index contributed by atoms with van der Waals surface area (Å²) in [7, 11) is 0. The van der Waals surface area contributed by atoms with Crippen LogP contribution in [-0.2, 0) is 9.59 Å². The average Bonchev–Trinajstić information content (AvgIpc) is 3.12. The number of likely N-dealkylation sites (tertiary alicyclic amines) is 2. The number of furan rings is 1. The number of piperidine rings is 2. The molecule has 0 radical (unpaired) electrons. The molecule has 3 rings (SSSR count). The van der Waals surface area contributed by atoms with Crippen LogP contribution >= 0.6 is 15.9 Å². The Morgan fingerprint density at radius 3 is 2.52 bits per heavy atom. The van der Waals surface area contributed by atoms with Gasteiger partial charge in [0.2, 0.25) is 11.8 Å². The topological polar surface area (TPSA) is 82.9 Å². The van der Waals surface area contributed by atoms with Gasteiger partial charge in [-0.2, -0.15) is 0 Å². The fraction of sp³-hybridized carbons (Fsp3) is 0.632. The molecule has 0 bridgehead atoms. The van der Waals surface area contributed by atoms with Crippen LogP contribution in [0.15, 0.2) is 21.2 Å². The van der Waals surface area contributed by atoms with Crippen molar-refractivity contribution in [2.75, 3.05) is 32.7 Å². The minimum atomic E-state index is -0.418. The van der Waals surface area contributed by atoms with Crippen LogP contribution < -0.4 is 5.32 Å². The highest BCUT2D eigenvalue weighted by atomic mass is 79.9. The number of halogens is 1. The molecule has 0 saturated carbocycles. The zero-order valence-electron chi connectivity index (χ0n) is 15.6. The van der Waals surface area contributed by atoms with E-state index in [1.54, 1.807) is 17.0 Å². The largest absolute Gasteiger partial charge is 0.444 e. The molecule has 1 aromatic heterocycles. The van der Waals surface area contributed by atoms with Crippen molar-refractivity contribution in [2.24, 2.45) is 11.8 Å². The Kier molecular flexibility index (Phi) is 6.57. The standard InChI is InChI=1S/C19H26BrN3O4/c1-13-3-2-8-23(12-13)19(26)14-6-9-22(10-7-14)17(24)11-21-18(25)15-4-5-16(20)27-15/h4-5,13-14H,2-3,6-12H2,1H3,(H,21,25). The van der Waals surface area contributed by atoms with Crippen LogP contribution in [0.5, 0.6) is 0 Å². The van der Waals surface area contributed by atoms with E-state index in [0.717, 1.165) is 19.5 Å². The molecule has 2 saturated heterocycles. The van der Waals surface area contributed by atoms with Gasteiger partial charge >= 0.3 is 0 Å². The monoisotopic (exact) mass is 439 g/mol. The lowest BCUT2D eigenvalue weighted by molar-refractivity contribution is -0.141. The normalized spacial score (nSPS) is 21.2. The second kappa shape index (κ2) is 8.91. The Bertz CT molecular complexity index is 697. The summed E-state index contributed by atoms with van der Waals surface area (Å²) >= 11 is 3.14. The van der Waals surface area contributed by atoms with E-state index in [2.05, 4.69) is 28.2 Å². The molecule has 0 aliphatic carbocycles. The van der Waals surface area contributed by atoms with E-state index in [-0.39, 0.29) is 30.0 Å². The Balaban J connectivity index is 1.42. The Morgan fingerprint density at radius 2 is 1.89 bits per heavy atom. The Labute approximate surface area is 167 Å². The van der Waals surface area contributed by atoms with Crippen molar-refractivity contribution in [3.8, 4) is 0 Å². The second-order valence-electron chi connectivity index (χ2n) is 7.47. The van der Waals surface area contributed by atoms with Gasteiger partial charge in [-0.15, -0.1) is 0 Å². The quantitative estimate of drug-likeness (QED) is 0.779. The molecule has 3 amide bonds. The molecular weight excluding hydrogens is 414 g/mol. The molecule has 1 N–H and O–H groups in total. The maximum atomic E-state index is 12.7. The number of hydrogen-bond donors (Lipinski definition) is 1. The van der Waals surface area contributed by atoms with Crippen LogP contribution in [0.4, 0.5) is 0 Å². The Hall–Kier alpha value is -1.83. The van der Waals surface area contributed by atoms with E-state index in [1.165, 1.54) is 6.42 Å². The van der Waals surface area contributed by atoms with Gasteiger partial charge < -0.3 is 19.5 Å². The van der Waals surface area contributed by atoms with E-state index in [0.29, 0.717) is 36.5 Å². The number of carbonyl (C=O) groups is 3. The van der Waals surface area contributed by atoms with Crippen molar-refractivity contribution >= 4 is 33.7 Å². The van der Waals surface area contributed by atoms with Gasteiger partial charge in [0.05, 0.1) is 6.54 Å². The molecule has 1 atom stereocenters. The van der Waals surface area contributed by atoms with E-state index < -0.39 is 5.91 Å². The lowest BCUT2D eigenvalue weighted by Crippen LogP contribution is -2.48. The van der Waals surface area contributed by atoms with Crippen LogP contribution in [0.25, 0.3) is 0 Å². The van der Waals surface area contributed by atoms with Crippen LogP contribution in [0, 0.1) is 11.8 Å². The number of nitrogens with zero attached hydrogens (tertiary/aromatic N) is 2. The van der Waals surface area contributed by atoms with Gasteiger partial charge in [0.1, 0.15) is 0 Å². The van der Waals surface area contributed by atoms with Gasteiger partial charge in [-0.25, -0.2) is 0 Å². The summed E-state index contributed by atoms with van der Waals surface area (Å²) in [6.45, 7) is 4.95. The van der Waals surface area contributed by atoms with Gasteiger partial charge in [-0.05, 0) is 59.7 Å². The second-order valence-corrected chi connectivity index (χ2v) is 8.25. The summed E-state index contributed by atoms with van der Waals surface area (Å²) < 4.78 is 5.63. The lowest BCUT2D eigenvalue weighted by atomic mass is 9.92. The molecule has 2 aliphatic heterocycles. The zero-order valence-corrected chi connectivity index (χ0v) is 17.2. The van der Waals surface area contributed by atoms with Crippen molar-refractivity contribution in [1.29, 1.82) is 0 Å². The number of rotatable bonds is 4. The minimum absolute atomic E-state index is 0.00871. The SMILES string of the molecule is CC1CCCN(C(=O)C2CCN(C(=O)CNC(=O)c3ccc(Br)o3)CC2)C1. The summed E-state index contributed by atoms with van der Waals surface area (Å²) in [5.74, 6) is 0.432. The average molecular weight is 440 g/mol. The third kappa shape index (κ3) is 5.12. The Morgan fingerprint density at radius 1 is 1.15 bits per heavy atom. The van der Waals surface area contributed by atoms with Gasteiger partial charge in [0.25, 0.3) is 5.91 Å². The molecule has 0 spiro atoms. The first-order chi connectivity index (χ1) is 12.9. The molecule has 1 aromatic rings. The highest BCUT2D eigenvalue weighted by Gasteiger charge is 2.31. The fourth-order valence-electron chi connectivity index (χ4n) is 3.81. The molecule has 2 fully saturated rings. The van der Waals surface area contributed by atoms with Crippen molar-refractivity contribution in [3.05, 3.63) is 22.6 Å². The first-order valence-corrected chi connectivity index (χ1v) is 10.3. The number of carbonyl (C=O) groups excluding carboxylic acids is 3. The summed E-state index contributed by atoms with van der Waals surface area (Å²) in [4.78, 5) is 40.7. The molecule has 7 nitrogen and oxygen atoms in total. The van der Waals surface area contributed by atoms with E-state index >= 15 is 0 Å². The van der Waals surface area contributed by atoms with E-state index in [1.807, 2.05) is 4.90 Å². The summed E-state index contributed by atoms with van der Waals surface area (Å²) in [6, 6.07) is 3.17. The molecule has 148 valence electrons. The third-order valence-electron chi connectivity index (χ3n) is 5.36. The van der Waals surface area contributed by atoms with Crippen LogP contribution in [0.1, 0.15) is 43.2 Å². The van der Waals surface area contributed by atoms with Crippen molar-refractivity contribution in [1.82, 2.24) is 15.1 Å². The third-order valence-corrected chi connectivity index (χ3v) is 5.79. The predicted octanol–water partition coefficient (Wildman–Crippen LogP) is 2.27. The smallest absolute Gasteiger partial charge is 0.287 e. The van der Waals surface area contributed by atoms with Crippen LogP contribution in [-0.4, -0.2) is 60.2 Å².